The highest BCUT2D eigenvalue weighted by Crippen LogP contribution is 2.24. The topological polar surface area (TPSA) is 141 Å². The first-order valence-electron chi connectivity index (χ1n) is 18.3. The fourth-order valence-corrected chi connectivity index (χ4v) is 6.51. The quantitative estimate of drug-likeness (QED) is 0.215. The van der Waals surface area contributed by atoms with Crippen molar-refractivity contribution in [2.45, 2.75) is 179 Å². The van der Waals surface area contributed by atoms with Crippen molar-refractivity contribution >= 4 is 17.9 Å². The van der Waals surface area contributed by atoms with Gasteiger partial charge in [-0.1, -0.05) is 135 Å². The van der Waals surface area contributed by atoms with E-state index in [2.05, 4.69) is 0 Å². The zero-order chi connectivity index (χ0) is 32.3. The van der Waals surface area contributed by atoms with E-state index >= 15 is 0 Å². The minimum atomic E-state index is -0.950. The Bertz CT molecular complexity index is 661. The van der Waals surface area contributed by atoms with E-state index in [1.54, 1.807) is 0 Å². The molecule has 44 heavy (non-hydrogen) atoms. The van der Waals surface area contributed by atoms with Gasteiger partial charge in [0.1, 0.15) is 12.7 Å². The molecule has 3 saturated carbocycles. The summed E-state index contributed by atoms with van der Waals surface area (Å²) in [4.78, 5) is 33.5. The lowest BCUT2D eigenvalue weighted by atomic mass is 9.92. The number of carbonyl (C=O) groups is 3. The summed E-state index contributed by atoms with van der Waals surface area (Å²) in [5, 5.41) is 35.7. The Hall–Kier alpha value is -1.67. The van der Waals surface area contributed by atoms with Crippen LogP contribution in [0.5, 0.6) is 0 Å². The molecule has 0 heterocycles. The van der Waals surface area contributed by atoms with E-state index in [4.69, 9.17) is 25.2 Å². The van der Waals surface area contributed by atoms with Crippen LogP contribution >= 0.6 is 0 Å². The molecule has 1 unspecified atom stereocenters. The molecule has 3 aliphatic rings. The van der Waals surface area contributed by atoms with Crippen LogP contribution in [0.3, 0.4) is 0 Å². The van der Waals surface area contributed by atoms with Gasteiger partial charge in [-0.25, -0.2) is 0 Å². The zero-order valence-corrected chi connectivity index (χ0v) is 27.7. The Labute approximate surface area is 267 Å². The van der Waals surface area contributed by atoms with E-state index in [0.29, 0.717) is 0 Å². The molecule has 0 aromatic carbocycles. The molecule has 8 nitrogen and oxygen atoms in total. The second kappa shape index (κ2) is 27.6. The van der Waals surface area contributed by atoms with Crippen molar-refractivity contribution in [1.29, 1.82) is 0 Å². The number of aliphatic carboxylic acids is 2. The Morgan fingerprint density at radius 2 is 0.727 bits per heavy atom. The Kier molecular flexibility index (Phi) is 25.3. The first-order valence-corrected chi connectivity index (χ1v) is 18.3. The van der Waals surface area contributed by atoms with Gasteiger partial charge in [-0.05, 0) is 38.5 Å². The van der Waals surface area contributed by atoms with Gasteiger partial charge in [-0.3, -0.25) is 14.4 Å². The number of esters is 1. The van der Waals surface area contributed by atoms with Crippen molar-refractivity contribution in [2.75, 3.05) is 13.2 Å². The number of carboxylic acid groups (broad SMARTS) is 2. The van der Waals surface area contributed by atoms with Crippen LogP contribution < -0.4 is 0 Å². The summed E-state index contributed by atoms with van der Waals surface area (Å²) in [5.74, 6) is -1.51. The fourth-order valence-electron chi connectivity index (χ4n) is 6.51. The first-order chi connectivity index (χ1) is 21.3. The van der Waals surface area contributed by atoms with Gasteiger partial charge in [0, 0.05) is 0 Å². The molecule has 3 aliphatic carbocycles. The van der Waals surface area contributed by atoms with Crippen molar-refractivity contribution in [2.24, 2.45) is 17.8 Å². The van der Waals surface area contributed by atoms with Gasteiger partial charge in [0.15, 0.2) is 0 Å². The summed E-state index contributed by atoms with van der Waals surface area (Å²) in [7, 11) is 0. The third-order valence-corrected chi connectivity index (χ3v) is 9.48. The van der Waals surface area contributed by atoms with E-state index in [9.17, 15) is 14.4 Å². The molecule has 0 aliphatic heterocycles. The standard InChI is InChI=1S/C14H26O4.2C11H20O2/c15-10-13(16)11-18-14(17)12-8-6-4-2-1-3-5-7-9-12;2*12-11(13)10-8-6-4-2-1-3-5-7-9-10/h12-13,15-16H,1-11H2;2*10H,1-9H2,(H,12,13). The molecule has 1 atom stereocenters. The second-order valence-corrected chi connectivity index (χ2v) is 13.4. The van der Waals surface area contributed by atoms with Crippen LogP contribution in [-0.4, -0.2) is 57.7 Å². The Morgan fingerprint density at radius 3 is 0.977 bits per heavy atom. The molecule has 0 bridgehead atoms. The van der Waals surface area contributed by atoms with E-state index in [0.717, 1.165) is 77.0 Å². The summed E-state index contributed by atoms with van der Waals surface area (Å²) in [6.45, 7) is -0.455. The smallest absolute Gasteiger partial charge is 0.309 e. The number of hydrogen-bond donors (Lipinski definition) is 4. The molecule has 0 amide bonds. The summed E-state index contributed by atoms with van der Waals surface area (Å²) < 4.78 is 5.05. The third kappa shape index (κ3) is 21.9. The van der Waals surface area contributed by atoms with Gasteiger partial charge in [-0.2, -0.15) is 0 Å². The van der Waals surface area contributed by atoms with Gasteiger partial charge in [-0.15, -0.1) is 0 Å². The minimum absolute atomic E-state index is 0.0195. The summed E-state index contributed by atoms with van der Waals surface area (Å²) in [6, 6.07) is 0. The van der Waals surface area contributed by atoms with Gasteiger partial charge in [0.25, 0.3) is 0 Å². The highest BCUT2D eigenvalue weighted by molar-refractivity contribution is 5.72. The highest BCUT2D eigenvalue weighted by Gasteiger charge is 2.21. The number of rotatable bonds is 6. The number of hydrogen-bond acceptors (Lipinski definition) is 6. The van der Waals surface area contributed by atoms with Crippen LogP contribution in [0.25, 0.3) is 0 Å². The summed E-state index contributed by atoms with van der Waals surface area (Å²) >= 11 is 0. The van der Waals surface area contributed by atoms with Crippen molar-refractivity contribution in [1.82, 2.24) is 0 Å². The van der Waals surface area contributed by atoms with Gasteiger partial charge in [0.2, 0.25) is 0 Å². The average Bonchev–Trinajstić information content (AvgIpc) is 3.03. The van der Waals surface area contributed by atoms with E-state index in [1.165, 1.54) is 96.3 Å². The summed E-state index contributed by atoms with van der Waals surface area (Å²) in [5.41, 5.74) is 0. The van der Waals surface area contributed by atoms with Gasteiger partial charge >= 0.3 is 17.9 Å². The molecule has 4 N–H and O–H groups in total. The molecule has 8 heteroatoms. The predicted molar refractivity (Wildman–Crippen MR) is 174 cm³/mol. The SMILES string of the molecule is O=C(O)C1CCCCCCCCC1.O=C(O)C1CCCCCCCCC1.O=C(OCC(O)CO)C1CCCCCCCCC1. The van der Waals surface area contributed by atoms with Crippen LogP contribution in [-0.2, 0) is 19.1 Å². The molecule has 0 aromatic rings. The van der Waals surface area contributed by atoms with Gasteiger partial charge < -0.3 is 25.2 Å². The van der Waals surface area contributed by atoms with Crippen molar-refractivity contribution in [3.63, 3.8) is 0 Å². The van der Waals surface area contributed by atoms with E-state index < -0.39 is 18.0 Å². The number of carboxylic acids is 2. The van der Waals surface area contributed by atoms with Gasteiger partial charge in [0.05, 0.1) is 24.4 Å². The monoisotopic (exact) mass is 626 g/mol. The molecular formula is C36H66O8. The maximum absolute atomic E-state index is 11.9. The average molecular weight is 627 g/mol. The highest BCUT2D eigenvalue weighted by atomic mass is 16.5. The van der Waals surface area contributed by atoms with Crippen molar-refractivity contribution < 1.29 is 39.5 Å². The zero-order valence-electron chi connectivity index (χ0n) is 27.7. The molecule has 0 spiro atoms. The third-order valence-electron chi connectivity index (χ3n) is 9.48. The first kappa shape index (κ1) is 40.4. The fraction of sp³-hybridized carbons (Fsp3) is 0.917. The number of aliphatic hydroxyl groups excluding tert-OH is 2. The molecule has 0 saturated heterocycles. The minimum Gasteiger partial charge on any atom is -0.481 e. The maximum Gasteiger partial charge on any atom is 0.309 e. The van der Waals surface area contributed by atoms with Crippen LogP contribution in [0.15, 0.2) is 0 Å². The van der Waals surface area contributed by atoms with E-state index in [1.807, 2.05) is 0 Å². The second-order valence-electron chi connectivity index (χ2n) is 13.4. The van der Waals surface area contributed by atoms with Crippen molar-refractivity contribution in [3.8, 4) is 0 Å². The number of ether oxygens (including phenoxy) is 1. The molecule has 3 fully saturated rings. The Balaban J connectivity index is 0.000000337. The normalized spacial score (nSPS) is 22.0. The predicted octanol–water partition coefficient (Wildman–Crippen LogP) is 8.45. The maximum atomic E-state index is 11.9. The lowest BCUT2D eigenvalue weighted by Crippen LogP contribution is -2.26. The lowest BCUT2D eigenvalue weighted by molar-refractivity contribution is -0.153. The summed E-state index contributed by atoms with van der Waals surface area (Å²) in [6.07, 6.45) is 30.1. The van der Waals surface area contributed by atoms with Crippen LogP contribution in [0.1, 0.15) is 173 Å². The molecule has 258 valence electrons. The lowest BCUT2D eigenvalue weighted by Gasteiger charge is -2.18. The molecular weight excluding hydrogens is 560 g/mol. The van der Waals surface area contributed by atoms with E-state index in [-0.39, 0.29) is 36.9 Å². The van der Waals surface area contributed by atoms with Crippen LogP contribution in [0.2, 0.25) is 0 Å². The molecule has 0 aromatic heterocycles. The molecule has 0 radical (unpaired) electrons. The molecule has 3 rings (SSSR count). The van der Waals surface area contributed by atoms with Crippen LogP contribution in [0.4, 0.5) is 0 Å². The Morgan fingerprint density at radius 1 is 0.477 bits per heavy atom. The number of aliphatic hydroxyl groups is 2. The van der Waals surface area contributed by atoms with Crippen LogP contribution in [0, 0.1) is 17.8 Å². The number of carbonyl (C=O) groups excluding carboxylic acids is 1. The van der Waals surface area contributed by atoms with Crippen molar-refractivity contribution in [3.05, 3.63) is 0 Å². The largest absolute Gasteiger partial charge is 0.481 e.